The highest BCUT2D eigenvalue weighted by Gasteiger charge is 2.33. The lowest BCUT2D eigenvalue weighted by molar-refractivity contribution is -0.113. The normalized spacial score (nSPS) is 12.8. The Kier molecular flexibility index (Phi) is 3.96. The van der Waals surface area contributed by atoms with Crippen molar-refractivity contribution >= 4 is 12.4 Å². The van der Waals surface area contributed by atoms with E-state index in [1.807, 2.05) is 0 Å². The highest BCUT2D eigenvalue weighted by atomic mass is 16.4. The molecule has 1 aromatic rings. The Labute approximate surface area is 106 Å². The number of benzene rings is 1. The van der Waals surface area contributed by atoms with Gasteiger partial charge in [0, 0.05) is 5.54 Å². The lowest BCUT2D eigenvalue weighted by atomic mass is 9.99. The second-order valence-corrected chi connectivity index (χ2v) is 5.00. The van der Waals surface area contributed by atoms with E-state index in [1.54, 1.807) is 20.8 Å². The quantitative estimate of drug-likeness (QED) is 0.809. The molecule has 0 heterocycles. The van der Waals surface area contributed by atoms with Gasteiger partial charge >= 0.3 is 6.09 Å². The van der Waals surface area contributed by atoms with E-state index in [9.17, 15) is 19.8 Å². The second-order valence-electron chi connectivity index (χ2n) is 5.00. The zero-order valence-electron chi connectivity index (χ0n) is 10.6. The predicted octanol–water partition coefficient (Wildman–Crippen LogP) is 2.41. The van der Waals surface area contributed by atoms with Gasteiger partial charge in [0.15, 0.2) is 0 Å². The van der Waals surface area contributed by atoms with Crippen molar-refractivity contribution in [2.45, 2.75) is 32.4 Å². The first-order valence-corrected chi connectivity index (χ1v) is 5.54. The molecule has 5 nitrogen and oxygen atoms in total. The molecule has 0 aliphatic heterocycles. The molecule has 1 amide bonds. The number of carboxylic acid groups (broad SMARTS) is 1. The van der Waals surface area contributed by atoms with Gasteiger partial charge in [-0.25, -0.2) is 4.79 Å². The SMILES string of the molecule is CC(C)(C)N(C(=O)O)C(C=O)c1ccc(O)cc1. The van der Waals surface area contributed by atoms with E-state index >= 15 is 0 Å². The number of hydrogen-bond donors (Lipinski definition) is 2. The number of rotatable bonds is 3. The minimum atomic E-state index is -1.16. The summed E-state index contributed by atoms with van der Waals surface area (Å²) >= 11 is 0. The van der Waals surface area contributed by atoms with Crippen molar-refractivity contribution in [3.05, 3.63) is 29.8 Å². The van der Waals surface area contributed by atoms with Crippen LogP contribution in [0.3, 0.4) is 0 Å². The molecule has 98 valence electrons. The van der Waals surface area contributed by atoms with Gasteiger partial charge in [-0.05, 0) is 38.5 Å². The van der Waals surface area contributed by atoms with E-state index < -0.39 is 17.7 Å². The van der Waals surface area contributed by atoms with E-state index in [-0.39, 0.29) is 5.75 Å². The van der Waals surface area contributed by atoms with Crippen LogP contribution in [0, 0.1) is 0 Å². The maximum absolute atomic E-state index is 11.3. The number of nitrogens with zero attached hydrogens (tertiary/aromatic N) is 1. The first-order valence-electron chi connectivity index (χ1n) is 5.54. The van der Waals surface area contributed by atoms with Crippen molar-refractivity contribution in [3.8, 4) is 5.75 Å². The van der Waals surface area contributed by atoms with Crippen molar-refractivity contribution in [1.82, 2.24) is 4.90 Å². The summed E-state index contributed by atoms with van der Waals surface area (Å²) in [5, 5.41) is 18.4. The van der Waals surface area contributed by atoms with Crippen LogP contribution in [0.1, 0.15) is 32.4 Å². The zero-order valence-corrected chi connectivity index (χ0v) is 10.6. The summed E-state index contributed by atoms with van der Waals surface area (Å²) < 4.78 is 0. The Balaban J connectivity index is 3.18. The molecule has 0 saturated heterocycles. The largest absolute Gasteiger partial charge is 0.508 e. The van der Waals surface area contributed by atoms with E-state index in [1.165, 1.54) is 24.3 Å². The van der Waals surface area contributed by atoms with Gasteiger partial charge in [0.05, 0.1) is 0 Å². The fourth-order valence-corrected chi connectivity index (χ4v) is 1.78. The summed E-state index contributed by atoms with van der Waals surface area (Å²) in [6.07, 6.45) is -0.571. The van der Waals surface area contributed by atoms with Crippen LogP contribution >= 0.6 is 0 Å². The van der Waals surface area contributed by atoms with Crippen LogP contribution < -0.4 is 0 Å². The minimum Gasteiger partial charge on any atom is -0.508 e. The van der Waals surface area contributed by atoms with Gasteiger partial charge in [-0.1, -0.05) is 12.1 Å². The molecule has 0 bridgehead atoms. The lowest BCUT2D eigenvalue weighted by Gasteiger charge is -2.37. The molecular formula is C13H17NO4. The number of carbonyl (C=O) groups excluding carboxylic acids is 1. The number of phenols is 1. The minimum absolute atomic E-state index is 0.0704. The molecule has 0 fully saturated rings. The van der Waals surface area contributed by atoms with Gasteiger partial charge in [-0.15, -0.1) is 0 Å². The summed E-state index contributed by atoms with van der Waals surface area (Å²) in [5.41, 5.74) is -0.171. The summed E-state index contributed by atoms with van der Waals surface area (Å²) in [6, 6.07) is 5.04. The Morgan fingerprint density at radius 2 is 1.78 bits per heavy atom. The number of phenolic OH excluding ortho intramolecular Hbond substituents is 1. The second kappa shape index (κ2) is 5.08. The Hall–Kier alpha value is -2.04. The van der Waals surface area contributed by atoms with Crippen LogP contribution in [0.25, 0.3) is 0 Å². The van der Waals surface area contributed by atoms with Crippen molar-refractivity contribution in [2.24, 2.45) is 0 Å². The summed E-state index contributed by atoms with van der Waals surface area (Å²) in [7, 11) is 0. The van der Waals surface area contributed by atoms with Gasteiger partial charge in [-0.2, -0.15) is 0 Å². The van der Waals surface area contributed by atoms with Crippen molar-refractivity contribution in [1.29, 1.82) is 0 Å². The van der Waals surface area contributed by atoms with Gasteiger partial charge in [-0.3, -0.25) is 4.90 Å². The van der Waals surface area contributed by atoms with Crippen LogP contribution in [0.15, 0.2) is 24.3 Å². The molecular weight excluding hydrogens is 234 g/mol. The highest BCUT2D eigenvalue weighted by molar-refractivity contribution is 5.74. The first-order chi connectivity index (χ1) is 8.27. The van der Waals surface area contributed by atoms with Crippen molar-refractivity contribution in [3.63, 3.8) is 0 Å². The average Bonchev–Trinajstić information content (AvgIpc) is 2.24. The van der Waals surface area contributed by atoms with Crippen LogP contribution in [0.4, 0.5) is 4.79 Å². The predicted molar refractivity (Wildman–Crippen MR) is 66.5 cm³/mol. The Morgan fingerprint density at radius 1 is 1.28 bits per heavy atom. The monoisotopic (exact) mass is 251 g/mol. The van der Waals surface area contributed by atoms with Crippen molar-refractivity contribution in [2.75, 3.05) is 0 Å². The molecule has 0 spiro atoms. The molecule has 1 rings (SSSR count). The van der Waals surface area contributed by atoms with Crippen LogP contribution in [0.5, 0.6) is 5.75 Å². The molecule has 1 aromatic carbocycles. The number of aromatic hydroxyl groups is 1. The van der Waals surface area contributed by atoms with E-state index in [0.717, 1.165) is 4.90 Å². The lowest BCUT2D eigenvalue weighted by Crippen LogP contribution is -2.47. The zero-order chi connectivity index (χ0) is 13.9. The van der Waals surface area contributed by atoms with E-state index in [4.69, 9.17) is 0 Å². The van der Waals surface area contributed by atoms with Gasteiger partial charge in [0.1, 0.15) is 18.1 Å². The Morgan fingerprint density at radius 3 is 2.11 bits per heavy atom. The summed E-state index contributed by atoms with van der Waals surface area (Å²) in [5.74, 6) is 0.0704. The van der Waals surface area contributed by atoms with Gasteiger partial charge in [0.25, 0.3) is 0 Å². The molecule has 0 aliphatic rings. The van der Waals surface area contributed by atoms with Gasteiger partial charge < -0.3 is 15.0 Å². The molecule has 0 saturated carbocycles. The number of amides is 1. The third kappa shape index (κ3) is 3.00. The van der Waals surface area contributed by atoms with Gasteiger partial charge in [0.2, 0.25) is 0 Å². The highest BCUT2D eigenvalue weighted by Crippen LogP contribution is 2.27. The number of aldehydes is 1. The van der Waals surface area contributed by atoms with Crippen molar-refractivity contribution < 1.29 is 19.8 Å². The van der Waals surface area contributed by atoms with E-state index in [2.05, 4.69) is 0 Å². The Bertz CT molecular complexity index is 433. The molecule has 0 aliphatic carbocycles. The smallest absolute Gasteiger partial charge is 0.408 e. The maximum Gasteiger partial charge on any atom is 0.408 e. The van der Waals surface area contributed by atoms with Crippen LogP contribution in [-0.2, 0) is 4.79 Å². The summed E-state index contributed by atoms with van der Waals surface area (Å²) in [4.78, 5) is 23.6. The molecule has 0 radical (unpaired) electrons. The molecule has 1 unspecified atom stereocenters. The molecule has 2 N–H and O–H groups in total. The molecule has 18 heavy (non-hydrogen) atoms. The fraction of sp³-hybridized carbons (Fsp3) is 0.385. The van der Waals surface area contributed by atoms with Crippen LogP contribution in [0.2, 0.25) is 0 Å². The average molecular weight is 251 g/mol. The third-order valence-corrected chi connectivity index (χ3v) is 2.57. The molecule has 0 aromatic heterocycles. The number of carbonyl (C=O) groups is 2. The molecule has 1 atom stereocenters. The summed E-state index contributed by atoms with van der Waals surface area (Å²) in [6.45, 7) is 5.16. The maximum atomic E-state index is 11.3. The number of hydrogen-bond acceptors (Lipinski definition) is 3. The topological polar surface area (TPSA) is 77.8 Å². The van der Waals surface area contributed by atoms with E-state index in [0.29, 0.717) is 11.8 Å². The fourth-order valence-electron chi connectivity index (χ4n) is 1.78. The standard InChI is InChI=1S/C13H17NO4/c1-13(2,3)14(12(17)18)11(8-15)9-4-6-10(16)7-5-9/h4-8,11,16H,1-3H3,(H,17,18). The molecule has 5 heteroatoms. The first kappa shape index (κ1) is 14.0. The van der Waals surface area contributed by atoms with Crippen LogP contribution in [-0.4, -0.2) is 33.0 Å². The third-order valence-electron chi connectivity index (χ3n) is 2.57.